The Morgan fingerprint density at radius 1 is 1.30 bits per heavy atom. The van der Waals surface area contributed by atoms with Crippen molar-refractivity contribution in [3.8, 4) is 0 Å². The van der Waals surface area contributed by atoms with Gasteiger partial charge < -0.3 is 14.3 Å². The van der Waals surface area contributed by atoms with Crippen molar-refractivity contribution in [1.82, 2.24) is 0 Å². The van der Waals surface area contributed by atoms with Crippen LogP contribution < -0.4 is 0 Å². The van der Waals surface area contributed by atoms with Crippen LogP contribution in [0, 0.1) is 22.7 Å². The Balaban J connectivity index is 1.49. The van der Waals surface area contributed by atoms with Crippen molar-refractivity contribution >= 4 is 6.29 Å². The predicted molar refractivity (Wildman–Crippen MR) is 77.2 cm³/mol. The van der Waals surface area contributed by atoms with Crippen molar-refractivity contribution in [3.63, 3.8) is 0 Å². The van der Waals surface area contributed by atoms with Crippen LogP contribution in [0.1, 0.15) is 46.5 Å². The van der Waals surface area contributed by atoms with E-state index < -0.39 is 5.41 Å². The van der Waals surface area contributed by atoms with Crippen LogP contribution in [0.15, 0.2) is 11.6 Å². The molecule has 0 spiro atoms. The Morgan fingerprint density at radius 3 is 2.55 bits per heavy atom. The molecule has 1 heterocycles. The molecule has 1 saturated heterocycles. The van der Waals surface area contributed by atoms with Gasteiger partial charge in [0.2, 0.25) is 0 Å². The molecule has 1 aliphatic heterocycles. The van der Waals surface area contributed by atoms with Gasteiger partial charge in [-0.15, -0.1) is 0 Å². The second kappa shape index (κ2) is 4.96. The molecule has 112 valence electrons. The number of carbonyl (C=O) groups is 1. The predicted octanol–water partition coefficient (Wildman–Crippen LogP) is 3.34. The fraction of sp³-hybridized carbons (Fsp3) is 0.824. The molecule has 1 saturated carbocycles. The van der Waals surface area contributed by atoms with Crippen molar-refractivity contribution < 1.29 is 14.3 Å². The van der Waals surface area contributed by atoms with Crippen LogP contribution in [0.4, 0.5) is 0 Å². The largest absolute Gasteiger partial charge is 0.352 e. The molecule has 3 heteroatoms. The van der Waals surface area contributed by atoms with Gasteiger partial charge in [0.25, 0.3) is 0 Å². The first-order chi connectivity index (χ1) is 9.44. The molecule has 20 heavy (non-hydrogen) atoms. The Bertz CT molecular complexity index is 416. The SMILES string of the molecule is CC1(C=O)COC(CCC2=CCC3CC2C3(C)C)OC1. The van der Waals surface area contributed by atoms with Gasteiger partial charge in [-0.25, -0.2) is 0 Å². The van der Waals surface area contributed by atoms with Crippen molar-refractivity contribution in [3.05, 3.63) is 11.6 Å². The molecule has 4 rings (SSSR count). The number of hydrogen-bond donors (Lipinski definition) is 0. The van der Waals surface area contributed by atoms with Gasteiger partial charge in [0.05, 0.1) is 18.6 Å². The van der Waals surface area contributed by atoms with Gasteiger partial charge in [-0.2, -0.15) is 0 Å². The van der Waals surface area contributed by atoms with Gasteiger partial charge >= 0.3 is 0 Å². The van der Waals surface area contributed by atoms with Crippen LogP contribution in [-0.4, -0.2) is 25.8 Å². The lowest BCUT2D eigenvalue weighted by atomic mass is 9.48. The zero-order valence-electron chi connectivity index (χ0n) is 12.9. The smallest absolute Gasteiger partial charge is 0.157 e. The van der Waals surface area contributed by atoms with E-state index in [2.05, 4.69) is 19.9 Å². The highest BCUT2D eigenvalue weighted by Gasteiger charge is 2.50. The molecule has 0 aromatic carbocycles. The van der Waals surface area contributed by atoms with E-state index >= 15 is 0 Å². The highest BCUT2D eigenvalue weighted by molar-refractivity contribution is 5.59. The summed E-state index contributed by atoms with van der Waals surface area (Å²) in [6.07, 6.45) is 7.86. The van der Waals surface area contributed by atoms with Crippen molar-refractivity contribution in [1.29, 1.82) is 0 Å². The summed E-state index contributed by atoms with van der Waals surface area (Å²) in [5, 5.41) is 0. The summed E-state index contributed by atoms with van der Waals surface area (Å²) in [4.78, 5) is 10.9. The van der Waals surface area contributed by atoms with Gasteiger partial charge in [-0.1, -0.05) is 25.5 Å². The minimum absolute atomic E-state index is 0.134. The molecular formula is C17H26O3. The number of allylic oxidation sites excluding steroid dienone is 2. The van der Waals surface area contributed by atoms with Crippen molar-refractivity contribution in [2.45, 2.75) is 52.7 Å². The first kappa shape index (κ1) is 14.3. The molecule has 0 radical (unpaired) electrons. The summed E-state index contributed by atoms with van der Waals surface area (Å²) in [5.74, 6) is 1.66. The van der Waals surface area contributed by atoms with E-state index in [1.807, 2.05) is 6.92 Å². The molecular weight excluding hydrogens is 252 g/mol. The average Bonchev–Trinajstić information content (AvgIpc) is 2.47. The molecule has 0 aromatic rings. The molecule has 0 N–H and O–H groups in total. The first-order valence-electron chi connectivity index (χ1n) is 7.83. The lowest BCUT2D eigenvalue weighted by Gasteiger charge is -2.56. The van der Waals surface area contributed by atoms with E-state index in [0.717, 1.165) is 31.0 Å². The fourth-order valence-electron chi connectivity index (χ4n) is 3.93. The minimum Gasteiger partial charge on any atom is -0.352 e. The molecule has 3 nitrogen and oxygen atoms in total. The highest BCUT2D eigenvalue weighted by Crippen LogP contribution is 2.59. The number of rotatable bonds is 4. The second-order valence-corrected chi connectivity index (χ2v) is 7.68. The maximum Gasteiger partial charge on any atom is 0.157 e. The van der Waals surface area contributed by atoms with Gasteiger partial charge in [0, 0.05) is 6.42 Å². The Labute approximate surface area is 121 Å². The third kappa shape index (κ3) is 2.35. The molecule has 3 aliphatic carbocycles. The van der Waals surface area contributed by atoms with Crippen molar-refractivity contribution in [2.24, 2.45) is 22.7 Å². The fourth-order valence-corrected chi connectivity index (χ4v) is 3.93. The summed E-state index contributed by atoms with van der Waals surface area (Å²) in [5.41, 5.74) is 1.64. The summed E-state index contributed by atoms with van der Waals surface area (Å²) in [6, 6.07) is 0. The summed E-state index contributed by atoms with van der Waals surface area (Å²) in [7, 11) is 0. The normalized spacial score (nSPS) is 42.5. The summed E-state index contributed by atoms with van der Waals surface area (Å²) in [6.45, 7) is 7.66. The molecule has 2 bridgehead atoms. The summed E-state index contributed by atoms with van der Waals surface area (Å²) >= 11 is 0. The van der Waals surface area contributed by atoms with E-state index in [-0.39, 0.29) is 6.29 Å². The van der Waals surface area contributed by atoms with E-state index in [1.54, 1.807) is 5.57 Å². The maximum atomic E-state index is 10.9. The van der Waals surface area contributed by atoms with Gasteiger partial charge in [0.15, 0.2) is 6.29 Å². The van der Waals surface area contributed by atoms with Crippen LogP contribution in [0.2, 0.25) is 0 Å². The number of aldehydes is 1. The highest BCUT2D eigenvalue weighted by atomic mass is 16.7. The quantitative estimate of drug-likeness (QED) is 0.584. The Kier molecular flexibility index (Phi) is 3.54. The van der Waals surface area contributed by atoms with Crippen LogP contribution in [0.5, 0.6) is 0 Å². The zero-order valence-corrected chi connectivity index (χ0v) is 12.9. The Morgan fingerprint density at radius 2 is 2.00 bits per heavy atom. The van der Waals surface area contributed by atoms with Gasteiger partial charge in [-0.05, 0) is 43.4 Å². The van der Waals surface area contributed by atoms with Crippen LogP contribution in [0.25, 0.3) is 0 Å². The monoisotopic (exact) mass is 278 g/mol. The average molecular weight is 278 g/mol. The second-order valence-electron chi connectivity index (χ2n) is 7.68. The number of fused-ring (bicyclic) bond motifs is 1. The molecule has 2 fully saturated rings. The third-order valence-electron chi connectivity index (χ3n) is 5.73. The van der Waals surface area contributed by atoms with Crippen molar-refractivity contribution in [2.75, 3.05) is 13.2 Å². The van der Waals surface area contributed by atoms with E-state index in [0.29, 0.717) is 18.6 Å². The van der Waals surface area contributed by atoms with E-state index in [1.165, 1.54) is 12.8 Å². The first-order valence-corrected chi connectivity index (χ1v) is 7.83. The number of hydrogen-bond acceptors (Lipinski definition) is 3. The Hall–Kier alpha value is -0.670. The van der Waals surface area contributed by atoms with E-state index in [4.69, 9.17) is 9.47 Å². The molecule has 4 aliphatic rings. The minimum atomic E-state index is -0.455. The molecule has 0 amide bonds. The standard InChI is InChI=1S/C17H26O3/c1-16(2)13-6-4-12(14(16)8-13)5-7-15-19-10-17(3,9-18)11-20-15/h4,9,13-15H,5-8,10-11H2,1-3H3. The number of carbonyl (C=O) groups excluding carboxylic acids is 1. The van der Waals surface area contributed by atoms with Gasteiger partial charge in [-0.3, -0.25) is 0 Å². The van der Waals surface area contributed by atoms with Crippen LogP contribution >= 0.6 is 0 Å². The topological polar surface area (TPSA) is 35.5 Å². The third-order valence-corrected chi connectivity index (χ3v) is 5.73. The molecule has 2 atom stereocenters. The maximum absolute atomic E-state index is 10.9. The van der Waals surface area contributed by atoms with E-state index in [9.17, 15) is 4.79 Å². The lowest BCUT2D eigenvalue weighted by Crippen LogP contribution is -2.48. The molecule has 0 aromatic heterocycles. The van der Waals surface area contributed by atoms with Gasteiger partial charge in [0.1, 0.15) is 6.29 Å². The lowest BCUT2D eigenvalue weighted by molar-refractivity contribution is -0.221. The molecule has 2 unspecified atom stereocenters. The van der Waals surface area contributed by atoms with Crippen LogP contribution in [0.3, 0.4) is 0 Å². The number of ether oxygens (including phenoxy) is 2. The van der Waals surface area contributed by atoms with Crippen LogP contribution in [-0.2, 0) is 14.3 Å². The zero-order chi connectivity index (χ0) is 14.4. The summed E-state index contributed by atoms with van der Waals surface area (Å²) < 4.78 is 11.4.